The van der Waals surface area contributed by atoms with Crippen LogP contribution in [-0.4, -0.2) is 13.0 Å². The first-order chi connectivity index (χ1) is 7.26. The molecule has 0 aliphatic rings. The molecule has 0 heterocycles. The van der Waals surface area contributed by atoms with Crippen LogP contribution in [0.3, 0.4) is 0 Å². The maximum atomic E-state index is 11.1. The van der Waals surface area contributed by atoms with Crippen LogP contribution in [0.2, 0.25) is 0 Å². The second-order valence-electron chi connectivity index (χ2n) is 3.74. The van der Waals surface area contributed by atoms with Crippen LogP contribution in [0, 0.1) is 0 Å². The van der Waals surface area contributed by atoms with Crippen LogP contribution in [0.15, 0.2) is 24.3 Å². The molecule has 0 aromatic heterocycles. The zero-order valence-corrected chi connectivity index (χ0v) is 9.55. The molecule has 82 valence electrons. The van der Waals surface area contributed by atoms with E-state index in [0.29, 0.717) is 6.42 Å². The van der Waals surface area contributed by atoms with Crippen LogP contribution in [0.4, 0.5) is 0 Å². The highest BCUT2D eigenvalue weighted by Gasteiger charge is 2.00. The van der Waals surface area contributed by atoms with Gasteiger partial charge in [0.1, 0.15) is 0 Å². The van der Waals surface area contributed by atoms with Crippen molar-refractivity contribution in [3.05, 3.63) is 35.4 Å². The zero-order chi connectivity index (χ0) is 11.1. The summed E-state index contributed by atoms with van der Waals surface area (Å²) in [5, 5.41) is 2.64. The number of nitrogens with one attached hydrogen (secondary N) is 1. The van der Waals surface area contributed by atoms with E-state index < -0.39 is 0 Å². The van der Waals surface area contributed by atoms with Crippen LogP contribution in [0.1, 0.15) is 30.9 Å². The third kappa shape index (κ3) is 4.15. The van der Waals surface area contributed by atoms with Gasteiger partial charge >= 0.3 is 0 Å². The van der Waals surface area contributed by atoms with Gasteiger partial charge in [0, 0.05) is 13.5 Å². The Hall–Kier alpha value is -1.31. The molecule has 2 heteroatoms. The van der Waals surface area contributed by atoms with E-state index in [9.17, 15) is 4.79 Å². The quantitative estimate of drug-likeness (QED) is 0.785. The number of hydrogen-bond acceptors (Lipinski definition) is 1. The first kappa shape index (κ1) is 11.8. The summed E-state index contributed by atoms with van der Waals surface area (Å²) < 4.78 is 0. The van der Waals surface area contributed by atoms with E-state index in [1.165, 1.54) is 17.5 Å². The molecule has 0 atom stereocenters. The Kier molecular flexibility index (Phi) is 4.88. The lowest BCUT2D eigenvalue weighted by atomic mass is 10.0. The lowest BCUT2D eigenvalue weighted by Crippen LogP contribution is -2.17. The Balaban J connectivity index is 2.53. The molecule has 0 unspecified atom stereocenters. The summed E-state index contributed by atoms with van der Waals surface area (Å²) in [6, 6.07) is 8.51. The van der Waals surface area contributed by atoms with Crippen molar-refractivity contribution in [1.82, 2.24) is 5.32 Å². The van der Waals surface area contributed by atoms with Crippen molar-refractivity contribution in [2.75, 3.05) is 7.05 Å². The summed E-state index contributed by atoms with van der Waals surface area (Å²) in [5.74, 6) is 0.107. The smallest absolute Gasteiger partial charge is 0.220 e. The standard InChI is InChI=1S/C13H19NO/c1-3-5-11-6-4-7-12(10-11)8-9-13(15)14-2/h4,6-7,10H,3,5,8-9H2,1-2H3,(H,14,15). The lowest BCUT2D eigenvalue weighted by molar-refractivity contribution is -0.120. The molecule has 15 heavy (non-hydrogen) atoms. The van der Waals surface area contributed by atoms with Gasteiger partial charge in [0.2, 0.25) is 5.91 Å². The number of aryl methyl sites for hydroxylation is 2. The monoisotopic (exact) mass is 205 g/mol. The Morgan fingerprint density at radius 3 is 2.53 bits per heavy atom. The minimum Gasteiger partial charge on any atom is -0.359 e. The summed E-state index contributed by atoms with van der Waals surface area (Å²) >= 11 is 0. The zero-order valence-electron chi connectivity index (χ0n) is 9.55. The topological polar surface area (TPSA) is 29.1 Å². The van der Waals surface area contributed by atoms with Crippen molar-refractivity contribution in [2.45, 2.75) is 32.6 Å². The van der Waals surface area contributed by atoms with Crippen molar-refractivity contribution < 1.29 is 4.79 Å². The molecule has 0 fully saturated rings. The van der Waals surface area contributed by atoms with Crippen molar-refractivity contribution in [3.8, 4) is 0 Å². The van der Waals surface area contributed by atoms with Gasteiger partial charge in [0.15, 0.2) is 0 Å². The third-order valence-electron chi connectivity index (χ3n) is 2.45. The molecule has 0 aliphatic heterocycles. The average Bonchev–Trinajstić information content (AvgIpc) is 2.27. The molecule has 1 amide bonds. The molecule has 0 saturated carbocycles. The summed E-state index contributed by atoms with van der Waals surface area (Å²) in [6.45, 7) is 2.18. The average molecular weight is 205 g/mol. The van der Waals surface area contributed by atoms with E-state index in [2.05, 4.69) is 36.5 Å². The summed E-state index contributed by atoms with van der Waals surface area (Å²) in [4.78, 5) is 11.1. The highest BCUT2D eigenvalue weighted by Crippen LogP contribution is 2.09. The fourth-order valence-corrected chi connectivity index (χ4v) is 1.61. The van der Waals surface area contributed by atoms with Crippen molar-refractivity contribution in [1.29, 1.82) is 0 Å². The van der Waals surface area contributed by atoms with Crippen LogP contribution in [-0.2, 0) is 17.6 Å². The molecular weight excluding hydrogens is 186 g/mol. The predicted octanol–water partition coefficient (Wildman–Crippen LogP) is 2.32. The lowest BCUT2D eigenvalue weighted by Gasteiger charge is -2.04. The molecule has 0 spiro atoms. The van der Waals surface area contributed by atoms with Gasteiger partial charge in [0.05, 0.1) is 0 Å². The fourth-order valence-electron chi connectivity index (χ4n) is 1.61. The number of hydrogen-bond donors (Lipinski definition) is 1. The van der Waals surface area contributed by atoms with Gasteiger partial charge in [-0.1, -0.05) is 37.6 Å². The minimum absolute atomic E-state index is 0.107. The van der Waals surface area contributed by atoms with Crippen LogP contribution >= 0.6 is 0 Å². The summed E-state index contributed by atoms with van der Waals surface area (Å²) in [7, 11) is 1.68. The van der Waals surface area contributed by atoms with Crippen LogP contribution in [0.5, 0.6) is 0 Å². The third-order valence-corrected chi connectivity index (χ3v) is 2.45. The highest BCUT2D eigenvalue weighted by molar-refractivity contribution is 5.75. The van der Waals surface area contributed by atoms with Gasteiger partial charge in [-0.2, -0.15) is 0 Å². The van der Waals surface area contributed by atoms with E-state index in [4.69, 9.17) is 0 Å². The van der Waals surface area contributed by atoms with Crippen molar-refractivity contribution in [3.63, 3.8) is 0 Å². The number of carbonyl (C=O) groups excluding carboxylic acids is 1. The second kappa shape index (κ2) is 6.23. The molecule has 0 radical (unpaired) electrons. The van der Waals surface area contributed by atoms with E-state index in [0.717, 1.165) is 12.8 Å². The summed E-state index contributed by atoms with van der Waals surface area (Å²) in [6.07, 6.45) is 3.69. The number of benzene rings is 1. The first-order valence-corrected chi connectivity index (χ1v) is 5.54. The molecular formula is C13H19NO. The number of carbonyl (C=O) groups is 1. The van der Waals surface area contributed by atoms with Gasteiger partial charge in [-0.15, -0.1) is 0 Å². The van der Waals surface area contributed by atoms with Gasteiger partial charge < -0.3 is 5.32 Å². The molecule has 0 bridgehead atoms. The van der Waals surface area contributed by atoms with E-state index in [1.54, 1.807) is 7.05 Å². The number of amides is 1. The summed E-state index contributed by atoms with van der Waals surface area (Å²) in [5.41, 5.74) is 2.62. The van der Waals surface area contributed by atoms with Gasteiger partial charge in [0.25, 0.3) is 0 Å². The first-order valence-electron chi connectivity index (χ1n) is 5.54. The maximum Gasteiger partial charge on any atom is 0.220 e. The Morgan fingerprint density at radius 2 is 1.93 bits per heavy atom. The normalized spacial score (nSPS) is 10.0. The molecule has 0 saturated heterocycles. The Bertz CT molecular complexity index is 320. The molecule has 0 aliphatic carbocycles. The molecule has 1 aromatic carbocycles. The Morgan fingerprint density at radius 1 is 1.27 bits per heavy atom. The number of rotatable bonds is 5. The van der Waals surface area contributed by atoms with Gasteiger partial charge in [-0.05, 0) is 24.0 Å². The van der Waals surface area contributed by atoms with Gasteiger partial charge in [-0.3, -0.25) is 4.79 Å². The highest BCUT2D eigenvalue weighted by atomic mass is 16.1. The van der Waals surface area contributed by atoms with E-state index in [-0.39, 0.29) is 5.91 Å². The molecule has 1 rings (SSSR count). The predicted molar refractivity (Wildman–Crippen MR) is 62.8 cm³/mol. The largest absolute Gasteiger partial charge is 0.359 e. The van der Waals surface area contributed by atoms with Crippen LogP contribution in [0.25, 0.3) is 0 Å². The van der Waals surface area contributed by atoms with Crippen molar-refractivity contribution >= 4 is 5.91 Å². The molecule has 1 N–H and O–H groups in total. The SMILES string of the molecule is CCCc1cccc(CCC(=O)NC)c1. The van der Waals surface area contributed by atoms with E-state index in [1.807, 2.05) is 0 Å². The Labute approximate surface area is 91.7 Å². The minimum atomic E-state index is 0.107. The fraction of sp³-hybridized carbons (Fsp3) is 0.462. The molecule has 2 nitrogen and oxygen atoms in total. The van der Waals surface area contributed by atoms with Crippen molar-refractivity contribution in [2.24, 2.45) is 0 Å². The second-order valence-corrected chi connectivity index (χ2v) is 3.74. The van der Waals surface area contributed by atoms with Crippen LogP contribution < -0.4 is 5.32 Å². The maximum absolute atomic E-state index is 11.1. The van der Waals surface area contributed by atoms with E-state index >= 15 is 0 Å². The van der Waals surface area contributed by atoms with Gasteiger partial charge in [-0.25, -0.2) is 0 Å². The molecule has 1 aromatic rings.